The first kappa shape index (κ1) is 13.5. The van der Waals surface area contributed by atoms with Gasteiger partial charge in [0.1, 0.15) is 0 Å². The van der Waals surface area contributed by atoms with Crippen molar-refractivity contribution in [1.82, 2.24) is 4.90 Å². The lowest BCUT2D eigenvalue weighted by molar-refractivity contribution is 0.0155. The lowest BCUT2D eigenvalue weighted by Gasteiger charge is -2.35. The van der Waals surface area contributed by atoms with E-state index in [2.05, 4.69) is 42.2 Å². The van der Waals surface area contributed by atoms with Crippen LogP contribution in [0.15, 0.2) is 30.3 Å². The van der Waals surface area contributed by atoms with E-state index < -0.39 is 0 Å². The molecule has 1 fully saturated rings. The predicted octanol–water partition coefficient (Wildman–Crippen LogP) is 1.84. The van der Waals surface area contributed by atoms with Gasteiger partial charge in [0.05, 0.1) is 13.2 Å². The number of ether oxygens (including phenoxy) is 1. The Bertz CT molecular complexity index is 336. The van der Waals surface area contributed by atoms with Gasteiger partial charge >= 0.3 is 0 Å². The summed E-state index contributed by atoms with van der Waals surface area (Å²) >= 11 is 0. The summed E-state index contributed by atoms with van der Waals surface area (Å²) in [7, 11) is 0. The summed E-state index contributed by atoms with van der Waals surface area (Å²) in [5.41, 5.74) is 7.35. The van der Waals surface area contributed by atoms with Crippen molar-refractivity contribution >= 4 is 0 Å². The Kier molecular flexibility index (Phi) is 5.17. The molecule has 1 aliphatic heterocycles. The van der Waals surface area contributed by atoms with Crippen molar-refractivity contribution in [2.45, 2.75) is 25.3 Å². The molecule has 0 saturated carbocycles. The molecule has 3 heteroatoms. The van der Waals surface area contributed by atoms with Crippen LogP contribution in [0.5, 0.6) is 0 Å². The average Bonchev–Trinajstić information content (AvgIpc) is 2.46. The molecular formula is C15H24N2O. The topological polar surface area (TPSA) is 38.5 Å². The first-order valence-corrected chi connectivity index (χ1v) is 6.88. The number of nitrogens with two attached hydrogens (primary N) is 1. The second-order valence-electron chi connectivity index (χ2n) is 5.09. The van der Waals surface area contributed by atoms with Crippen LogP contribution >= 0.6 is 0 Å². The SMILES string of the molecule is CC(CC(CN)N1CCOCC1)c1ccccc1. The maximum atomic E-state index is 5.95. The van der Waals surface area contributed by atoms with E-state index in [4.69, 9.17) is 10.5 Å². The highest BCUT2D eigenvalue weighted by Gasteiger charge is 2.22. The Balaban J connectivity index is 1.93. The van der Waals surface area contributed by atoms with Crippen molar-refractivity contribution in [2.75, 3.05) is 32.8 Å². The standard InChI is InChI=1S/C15H24N2O/c1-13(14-5-3-2-4-6-14)11-15(12-16)17-7-9-18-10-8-17/h2-6,13,15H,7-12,16H2,1H3. The van der Waals surface area contributed by atoms with Crippen LogP contribution < -0.4 is 5.73 Å². The van der Waals surface area contributed by atoms with Gasteiger partial charge in [-0.2, -0.15) is 0 Å². The second kappa shape index (κ2) is 6.88. The molecule has 2 rings (SSSR count). The van der Waals surface area contributed by atoms with Crippen LogP contribution in [0, 0.1) is 0 Å². The molecule has 100 valence electrons. The lowest BCUT2D eigenvalue weighted by atomic mass is 9.93. The summed E-state index contributed by atoms with van der Waals surface area (Å²) in [4.78, 5) is 2.48. The van der Waals surface area contributed by atoms with Crippen molar-refractivity contribution in [3.63, 3.8) is 0 Å². The zero-order chi connectivity index (χ0) is 12.8. The third-order valence-electron chi connectivity index (χ3n) is 3.83. The van der Waals surface area contributed by atoms with Gasteiger partial charge in [0.15, 0.2) is 0 Å². The minimum absolute atomic E-state index is 0.476. The molecule has 2 atom stereocenters. The number of hydrogen-bond acceptors (Lipinski definition) is 3. The number of nitrogens with zero attached hydrogens (tertiary/aromatic N) is 1. The van der Waals surface area contributed by atoms with Crippen LogP contribution in [-0.4, -0.2) is 43.8 Å². The number of benzene rings is 1. The smallest absolute Gasteiger partial charge is 0.0594 e. The number of rotatable bonds is 5. The van der Waals surface area contributed by atoms with Crippen LogP contribution in [0.2, 0.25) is 0 Å². The molecule has 1 aromatic carbocycles. The molecule has 2 unspecified atom stereocenters. The summed E-state index contributed by atoms with van der Waals surface area (Å²) in [6, 6.07) is 11.2. The van der Waals surface area contributed by atoms with E-state index in [0.29, 0.717) is 12.0 Å². The van der Waals surface area contributed by atoms with Crippen LogP contribution in [-0.2, 0) is 4.74 Å². The van der Waals surface area contributed by atoms with Gasteiger partial charge in [-0.25, -0.2) is 0 Å². The van der Waals surface area contributed by atoms with E-state index >= 15 is 0 Å². The Morgan fingerprint density at radius 2 is 1.89 bits per heavy atom. The van der Waals surface area contributed by atoms with Crippen LogP contribution in [0.3, 0.4) is 0 Å². The third-order valence-corrected chi connectivity index (χ3v) is 3.83. The molecule has 0 aromatic heterocycles. The minimum Gasteiger partial charge on any atom is -0.379 e. The van der Waals surface area contributed by atoms with Gasteiger partial charge in [-0.05, 0) is 17.9 Å². The van der Waals surface area contributed by atoms with Crippen LogP contribution in [0.25, 0.3) is 0 Å². The molecular weight excluding hydrogens is 224 g/mol. The fourth-order valence-electron chi connectivity index (χ4n) is 2.66. The van der Waals surface area contributed by atoms with E-state index in [9.17, 15) is 0 Å². The van der Waals surface area contributed by atoms with Crippen molar-refractivity contribution in [1.29, 1.82) is 0 Å². The quantitative estimate of drug-likeness (QED) is 0.864. The van der Waals surface area contributed by atoms with Crippen LogP contribution in [0.4, 0.5) is 0 Å². The number of morpholine rings is 1. The molecule has 0 radical (unpaired) electrons. The highest BCUT2D eigenvalue weighted by molar-refractivity contribution is 5.18. The average molecular weight is 248 g/mol. The summed E-state index contributed by atoms with van der Waals surface area (Å²) in [5.74, 6) is 0.558. The maximum absolute atomic E-state index is 5.95. The van der Waals surface area contributed by atoms with Gasteiger partial charge in [0.25, 0.3) is 0 Å². The second-order valence-corrected chi connectivity index (χ2v) is 5.09. The molecule has 1 heterocycles. The molecule has 0 aliphatic carbocycles. The van der Waals surface area contributed by atoms with E-state index in [0.717, 1.165) is 39.3 Å². The normalized spacial score (nSPS) is 20.6. The zero-order valence-electron chi connectivity index (χ0n) is 11.2. The summed E-state index contributed by atoms with van der Waals surface area (Å²) in [6.45, 7) is 6.74. The molecule has 1 saturated heterocycles. The fourth-order valence-corrected chi connectivity index (χ4v) is 2.66. The maximum Gasteiger partial charge on any atom is 0.0594 e. The Hall–Kier alpha value is -0.900. The Morgan fingerprint density at radius 1 is 1.22 bits per heavy atom. The van der Waals surface area contributed by atoms with Crippen molar-refractivity contribution in [3.05, 3.63) is 35.9 Å². The zero-order valence-corrected chi connectivity index (χ0v) is 11.2. The Labute approximate surface area is 110 Å². The largest absolute Gasteiger partial charge is 0.379 e. The van der Waals surface area contributed by atoms with Gasteiger partial charge in [-0.15, -0.1) is 0 Å². The molecule has 0 spiro atoms. The van der Waals surface area contributed by atoms with Crippen LogP contribution in [0.1, 0.15) is 24.8 Å². The Morgan fingerprint density at radius 3 is 2.50 bits per heavy atom. The first-order chi connectivity index (χ1) is 8.81. The van der Waals surface area contributed by atoms with Gasteiger partial charge in [0, 0.05) is 25.7 Å². The van der Waals surface area contributed by atoms with E-state index in [1.807, 2.05) is 0 Å². The van der Waals surface area contributed by atoms with Gasteiger partial charge in [-0.1, -0.05) is 37.3 Å². The van der Waals surface area contributed by atoms with E-state index in [1.165, 1.54) is 5.56 Å². The first-order valence-electron chi connectivity index (χ1n) is 6.88. The minimum atomic E-state index is 0.476. The summed E-state index contributed by atoms with van der Waals surface area (Å²) < 4.78 is 5.40. The fraction of sp³-hybridized carbons (Fsp3) is 0.600. The highest BCUT2D eigenvalue weighted by Crippen LogP contribution is 2.22. The van der Waals surface area contributed by atoms with Gasteiger partial charge < -0.3 is 10.5 Å². The molecule has 3 nitrogen and oxygen atoms in total. The third kappa shape index (κ3) is 3.55. The molecule has 18 heavy (non-hydrogen) atoms. The molecule has 1 aliphatic rings. The van der Waals surface area contributed by atoms with E-state index in [1.54, 1.807) is 0 Å². The molecule has 2 N–H and O–H groups in total. The summed E-state index contributed by atoms with van der Waals surface area (Å²) in [5, 5.41) is 0. The molecule has 0 bridgehead atoms. The van der Waals surface area contributed by atoms with Gasteiger partial charge in [0.2, 0.25) is 0 Å². The number of hydrogen-bond donors (Lipinski definition) is 1. The van der Waals surface area contributed by atoms with Crippen molar-refractivity contribution in [3.8, 4) is 0 Å². The van der Waals surface area contributed by atoms with E-state index in [-0.39, 0.29) is 0 Å². The van der Waals surface area contributed by atoms with Crippen molar-refractivity contribution < 1.29 is 4.74 Å². The molecule has 0 amide bonds. The predicted molar refractivity (Wildman–Crippen MR) is 74.7 cm³/mol. The summed E-state index contributed by atoms with van der Waals surface area (Å²) in [6.07, 6.45) is 1.13. The van der Waals surface area contributed by atoms with Gasteiger partial charge in [-0.3, -0.25) is 4.90 Å². The highest BCUT2D eigenvalue weighted by atomic mass is 16.5. The lowest BCUT2D eigenvalue weighted by Crippen LogP contribution is -2.47. The van der Waals surface area contributed by atoms with Crippen molar-refractivity contribution in [2.24, 2.45) is 5.73 Å². The molecule has 1 aromatic rings. The monoisotopic (exact) mass is 248 g/mol.